The predicted octanol–water partition coefficient (Wildman–Crippen LogP) is 2.39. The minimum atomic E-state index is -3.31. The van der Waals surface area contributed by atoms with E-state index in [9.17, 15) is 8.42 Å². The van der Waals surface area contributed by atoms with Gasteiger partial charge in [0.1, 0.15) is 5.82 Å². The third-order valence-electron chi connectivity index (χ3n) is 4.37. The lowest BCUT2D eigenvalue weighted by atomic mass is 10.1. The number of hydrogen-bond acceptors (Lipinski definition) is 5. The maximum atomic E-state index is 12.6. The van der Waals surface area contributed by atoms with E-state index in [4.69, 9.17) is 4.74 Å². The Morgan fingerprint density at radius 2 is 1.92 bits per heavy atom. The van der Waals surface area contributed by atoms with E-state index in [1.54, 1.807) is 0 Å². The number of ether oxygens (including phenoxy) is 1. The molecule has 1 aromatic carbocycles. The van der Waals surface area contributed by atoms with Crippen LogP contribution >= 0.6 is 0 Å². The van der Waals surface area contributed by atoms with Gasteiger partial charge >= 0.3 is 0 Å². The summed E-state index contributed by atoms with van der Waals surface area (Å²) >= 11 is 0. The molecule has 2 heterocycles. The summed E-state index contributed by atoms with van der Waals surface area (Å²) in [6, 6.07) is 9.88. The standard InChI is InChI=1S/C18H25N3O3S/c1-13-10-18(20-17-7-5-4-6-16(13)17)19-8-9-25(22,23)21-11-14(2)24-15(3)12-21/h4-7,10,14-15H,8-9,11-12H2,1-3H3,(H,19,20)/t14-,15+. The second kappa shape index (κ2) is 7.27. The van der Waals surface area contributed by atoms with E-state index in [1.165, 1.54) is 4.31 Å². The highest BCUT2D eigenvalue weighted by molar-refractivity contribution is 7.89. The van der Waals surface area contributed by atoms with Crippen LogP contribution in [0.2, 0.25) is 0 Å². The molecule has 1 aliphatic heterocycles. The first kappa shape index (κ1) is 18.1. The largest absolute Gasteiger partial charge is 0.373 e. The Morgan fingerprint density at radius 1 is 1.24 bits per heavy atom. The lowest BCUT2D eigenvalue weighted by Crippen LogP contribution is -2.49. The molecule has 1 fully saturated rings. The van der Waals surface area contributed by atoms with Gasteiger partial charge in [0.25, 0.3) is 0 Å². The van der Waals surface area contributed by atoms with E-state index in [2.05, 4.69) is 10.3 Å². The number of aromatic nitrogens is 1. The van der Waals surface area contributed by atoms with Gasteiger partial charge in [-0.15, -0.1) is 0 Å². The van der Waals surface area contributed by atoms with Gasteiger partial charge in [0.15, 0.2) is 0 Å². The van der Waals surface area contributed by atoms with Gasteiger partial charge in [0.2, 0.25) is 10.0 Å². The molecule has 0 unspecified atom stereocenters. The van der Waals surface area contributed by atoms with Crippen molar-refractivity contribution in [1.82, 2.24) is 9.29 Å². The van der Waals surface area contributed by atoms with Crippen LogP contribution in [-0.4, -0.2) is 55.3 Å². The molecule has 0 aliphatic carbocycles. The van der Waals surface area contributed by atoms with Gasteiger partial charge in [0, 0.05) is 25.0 Å². The molecule has 0 saturated carbocycles. The van der Waals surface area contributed by atoms with Crippen LogP contribution in [0, 0.1) is 6.92 Å². The van der Waals surface area contributed by atoms with E-state index in [0.29, 0.717) is 25.5 Å². The van der Waals surface area contributed by atoms with E-state index < -0.39 is 10.0 Å². The Kier molecular flexibility index (Phi) is 5.27. The van der Waals surface area contributed by atoms with Crippen LogP contribution in [0.25, 0.3) is 10.9 Å². The van der Waals surface area contributed by atoms with Crippen molar-refractivity contribution < 1.29 is 13.2 Å². The zero-order chi connectivity index (χ0) is 18.0. The minimum Gasteiger partial charge on any atom is -0.373 e. The molecule has 0 spiro atoms. The Labute approximate surface area is 149 Å². The average Bonchev–Trinajstić information content (AvgIpc) is 2.54. The number of anilines is 1. The molecule has 7 heteroatoms. The van der Waals surface area contributed by atoms with E-state index in [1.807, 2.05) is 51.1 Å². The first-order valence-corrected chi connectivity index (χ1v) is 10.2. The van der Waals surface area contributed by atoms with Crippen molar-refractivity contribution in [1.29, 1.82) is 0 Å². The number of rotatable bonds is 5. The summed E-state index contributed by atoms with van der Waals surface area (Å²) in [5.74, 6) is 0.745. The minimum absolute atomic E-state index is 0.0417. The quantitative estimate of drug-likeness (QED) is 0.883. The van der Waals surface area contributed by atoms with Crippen LogP contribution in [0.15, 0.2) is 30.3 Å². The lowest BCUT2D eigenvalue weighted by Gasteiger charge is -2.34. The molecule has 0 amide bonds. The van der Waals surface area contributed by atoms with Gasteiger partial charge < -0.3 is 10.1 Å². The molecule has 1 aliphatic rings. The number of para-hydroxylation sites is 1. The van der Waals surface area contributed by atoms with Crippen molar-refractivity contribution in [2.75, 3.05) is 30.7 Å². The normalized spacial score (nSPS) is 22.2. The molecule has 0 radical (unpaired) electrons. The third kappa shape index (κ3) is 4.29. The van der Waals surface area contributed by atoms with E-state index in [-0.39, 0.29) is 18.0 Å². The van der Waals surface area contributed by atoms with Gasteiger partial charge in [-0.3, -0.25) is 0 Å². The molecule has 1 aromatic heterocycles. The summed E-state index contributed by atoms with van der Waals surface area (Å²) in [5.41, 5.74) is 2.02. The summed E-state index contributed by atoms with van der Waals surface area (Å²) in [6.07, 6.45) is -0.146. The van der Waals surface area contributed by atoms with Crippen molar-refractivity contribution in [3.8, 4) is 0 Å². The van der Waals surface area contributed by atoms with E-state index in [0.717, 1.165) is 16.5 Å². The molecule has 2 atom stereocenters. The van der Waals surface area contributed by atoms with Crippen LogP contribution in [0.5, 0.6) is 0 Å². The highest BCUT2D eigenvalue weighted by atomic mass is 32.2. The number of nitrogens with zero attached hydrogens (tertiary/aromatic N) is 2. The topological polar surface area (TPSA) is 71.5 Å². The summed E-state index contributed by atoms with van der Waals surface area (Å²) in [4.78, 5) is 4.55. The monoisotopic (exact) mass is 363 g/mol. The number of hydrogen-bond donors (Lipinski definition) is 1. The van der Waals surface area contributed by atoms with E-state index >= 15 is 0 Å². The van der Waals surface area contributed by atoms with Crippen molar-refractivity contribution in [3.05, 3.63) is 35.9 Å². The number of fused-ring (bicyclic) bond motifs is 1. The van der Waals surface area contributed by atoms with Crippen LogP contribution < -0.4 is 5.32 Å². The second-order valence-corrected chi connectivity index (χ2v) is 8.75. The predicted molar refractivity (Wildman–Crippen MR) is 100 cm³/mol. The van der Waals surface area contributed by atoms with Crippen molar-refractivity contribution in [2.45, 2.75) is 33.0 Å². The summed E-state index contributed by atoms with van der Waals surface area (Å²) < 4.78 is 32.3. The lowest BCUT2D eigenvalue weighted by molar-refractivity contribution is -0.0440. The first-order valence-electron chi connectivity index (χ1n) is 8.59. The molecule has 3 rings (SSSR count). The SMILES string of the molecule is Cc1cc(NCCS(=O)(=O)N2C[C@@H](C)O[C@@H](C)C2)nc2ccccc12. The van der Waals surface area contributed by atoms with Crippen LogP contribution in [0.1, 0.15) is 19.4 Å². The molecule has 2 aromatic rings. The highest BCUT2D eigenvalue weighted by Crippen LogP contribution is 2.20. The zero-order valence-electron chi connectivity index (χ0n) is 14.9. The van der Waals surface area contributed by atoms with Gasteiger partial charge in [-0.2, -0.15) is 4.31 Å². The third-order valence-corrected chi connectivity index (χ3v) is 6.17. The fraction of sp³-hybridized carbons (Fsp3) is 0.500. The van der Waals surface area contributed by atoms with Crippen molar-refractivity contribution in [3.63, 3.8) is 0 Å². The van der Waals surface area contributed by atoms with Gasteiger partial charge in [0.05, 0.1) is 23.5 Å². The summed E-state index contributed by atoms with van der Waals surface area (Å²) in [7, 11) is -3.31. The number of sulfonamides is 1. The Bertz CT molecular complexity index is 844. The molecule has 6 nitrogen and oxygen atoms in total. The number of benzene rings is 1. The second-order valence-electron chi connectivity index (χ2n) is 6.66. The van der Waals surface area contributed by atoms with Crippen LogP contribution in [-0.2, 0) is 14.8 Å². The molecular weight excluding hydrogens is 338 g/mol. The number of morpholine rings is 1. The summed E-state index contributed by atoms with van der Waals surface area (Å²) in [5, 5.41) is 4.26. The van der Waals surface area contributed by atoms with Crippen LogP contribution in [0.3, 0.4) is 0 Å². The van der Waals surface area contributed by atoms with Crippen molar-refractivity contribution in [2.24, 2.45) is 0 Å². The highest BCUT2D eigenvalue weighted by Gasteiger charge is 2.30. The molecular formula is C18H25N3O3S. The number of nitrogens with one attached hydrogen (secondary N) is 1. The van der Waals surface area contributed by atoms with Gasteiger partial charge in [-0.25, -0.2) is 13.4 Å². The average molecular weight is 363 g/mol. The van der Waals surface area contributed by atoms with Crippen LogP contribution in [0.4, 0.5) is 5.82 Å². The molecule has 0 bridgehead atoms. The van der Waals surface area contributed by atoms with Gasteiger partial charge in [-0.1, -0.05) is 18.2 Å². The fourth-order valence-electron chi connectivity index (χ4n) is 3.24. The number of pyridine rings is 1. The maximum absolute atomic E-state index is 12.6. The smallest absolute Gasteiger partial charge is 0.216 e. The summed E-state index contributed by atoms with van der Waals surface area (Å²) in [6.45, 7) is 6.99. The van der Waals surface area contributed by atoms with Crippen molar-refractivity contribution >= 4 is 26.7 Å². The first-order chi connectivity index (χ1) is 11.8. The van der Waals surface area contributed by atoms with Gasteiger partial charge in [-0.05, 0) is 38.5 Å². The Balaban J connectivity index is 1.64. The molecule has 25 heavy (non-hydrogen) atoms. The number of aryl methyl sites for hydroxylation is 1. The Morgan fingerprint density at radius 3 is 2.64 bits per heavy atom. The zero-order valence-corrected chi connectivity index (χ0v) is 15.7. The maximum Gasteiger partial charge on any atom is 0.216 e. The Hall–Kier alpha value is -1.70. The molecule has 136 valence electrons. The molecule has 1 saturated heterocycles. The fourth-order valence-corrected chi connectivity index (χ4v) is 4.73. The molecule has 1 N–H and O–H groups in total.